The summed E-state index contributed by atoms with van der Waals surface area (Å²) in [6, 6.07) is 0. The highest BCUT2D eigenvalue weighted by Crippen LogP contribution is 2.46. The van der Waals surface area contributed by atoms with Crippen LogP contribution < -0.4 is 0 Å². The summed E-state index contributed by atoms with van der Waals surface area (Å²) in [7, 11) is 1.41. The summed E-state index contributed by atoms with van der Waals surface area (Å²) >= 11 is 0. The largest absolute Gasteiger partial charge is 0.378 e. The van der Waals surface area contributed by atoms with Crippen LogP contribution in [-0.4, -0.2) is 48.1 Å². The third-order valence-corrected chi connectivity index (χ3v) is 7.38. The lowest BCUT2D eigenvalue weighted by atomic mass is 9.76. The molecule has 2 saturated heterocycles. The molecule has 2 bridgehead atoms. The van der Waals surface area contributed by atoms with Gasteiger partial charge in [0.2, 0.25) is 0 Å². The van der Waals surface area contributed by atoms with Crippen molar-refractivity contribution in [3.05, 3.63) is 0 Å². The van der Waals surface area contributed by atoms with Crippen molar-refractivity contribution in [3.8, 4) is 0 Å². The molecular weight excluding hydrogens is 354 g/mol. The quantitative estimate of drug-likeness (QED) is 0.323. The molecule has 3 fully saturated rings. The number of ether oxygens (including phenoxy) is 2. The smallest absolute Gasteiger partial charge is 0.251 e. The standard InChI is InChI=1S/C23H41NO4/c1-23(2,22(25)24(3)26)15-9-5-8-12-18-19(21-14-13-20(18)28-21)16-27-17-10-6-4-7-11-17/h17-21,26H,4-16H2,1-3H3. The lowest BCUT2D eigenvalue weighted by molar-refractivity contribution is -0.169. The molecule has 4 unspecified atom stereocenters. The van der Waals surface area contributed by atoms with E-state index in [0.29, 0.717) is 30.1 Å². The van der Waals surface area contributed by atoms with E-state index in [1.165, 1.54) is 64.8 Å². The average Bonchev–Trinajstić information content (AvgIpc) is 3.28. The fraction of sp³-hybridized carbons (Fsp3) is 0.957. The number of carbonyl (C=O) groups excluding carboxylic acids is 1. The first-order valence-electron chi connectivity index (χ1n) is 11.6. The predicted molar refractivity (Wildman–Crippen MR) is 109 cm³/mol. The molecule has 28 heavy (non-hydrogen) atoms. The number of unbranched alkanes of at least 4 members (excludes halogenated alkanes) is 2. The maximum atomic E-state index is 12.0. The second-order valence-electron chi connectivity index (χ2n) is 10.0. The SMILES string of the molecule is CN(O)C(=O)C(C)(C)CCCCCC1C2CCC(O2)C1COC1CCCCC1. The molecule has 3 aliphatic rings. The van der Waals surface area contributed by atoms with Gasteiger partial charge in [0.1, 0.15) is 0 Å². The molecule has 2 heterocycles. The lowest BCUT2D eigenvalue weighted by Crippen LogP contribution is -2.36. The zero-order valence-corrected chi connectivity index (χ0v) is 18.2. The molecule has 1 N–H and O–H groups in total. The maximum absolute atomic E-state index is 12.0. The molecule has 162 valence electrons. The third-order valence-electron chi connectivity index (χ3n) is 7.38. The Morgan fingerprint density at radius 3 is 2.39 bits per heavy atom. The van der Waals surface area contributed by atoms with E-state index in [2.05, 4.69) is 0 Å². The zero-order chi connectivity index (χ0) is 20.1. The highest BCUT2D eigenvalue weighted by atomic mass is 16.5. The van der Waals surface area contributed by atoms with Crippen LogP contribution >= 0.6 is 0 Å². The minimum atomic E-state index is -0.491. The molecule has 2 aliphatic heterocycles. The van der Waals surface area contributed by atoms with Gasteiger partial charge in [-0.1, -0.05) is 52.4 Å². The first-order chi connectivity index (χ1) is 13.4. The van der Waals surface area contributed by atoms with Gasteiger partial charge in [-0.2, -0.15) is 0 Å². The van der Waals surface area contributed by atoms with Crippen LogP contribution in [0.3, 0.4) is 0 Å². The van der Waals surface area contributed by atoms with E-state index in [0.717, 1.165) is 30.9 Å². The number of nitrogens with zero attached hydrogens (tertiary/aromatic N) is 1. The number of carbonyl (C=O) groups is 1. The van der Waals surface area contributed by atoms with Gasteiger partial charge >= 0.3 is 0 Å². The van der Waals surface area contributed by atoms with Crippen molar-refractivity contribution in [2.24, 2.45) is 17.3 Å². The number of hydrogen-bond donors (Lipinski definition) is 1. The molecule has 0 spiro atoms. The minimum absolute atomic E-state index is 0.200. The fourth-order valence-corrected chi connectivity index (χ4v) is 5.65. The fourth-order valence-electron chi connectivity index (χ4n) is 5.65. The van der Waals surface area contributed by atoms with Gasteiger partial charge < -0.3 is 9.47 Å². The summed E-state index contributed by atoms with van der Waals surface area (Å²) in [4.78, 5) is 12.0. The third kappa shape index (κ3) is 5.48. The number of amides is 1. The van der Waals surface area contributed by atoms with Gasteiger partial charge in [0.25, 0.3) is 5.91 Å². The minimum Gasteiger partial charge on any atom is -0.378 e. The molecule has 1 amide bonds. The van der Waals surface area contributed by atoms with E-state index in [-0.39, 0.29) is 5.91 Å². The van der Waals surface area contributed by atoms with Gasteiger partial charge in [0.15, 0.2) is 0 Å². The van der Waals surface area contributed by atoms with Crippen LogP contribution in [0, 0.1) is 17.3 Å². The van der Waals surface area contributed by atoms with Gasteiger partial charge in [-0.25, -0.2) is 5.06 Å². The maximum Gasteiger partial charge on any atom is 0.251 e. The summed E-state index contributed by atoms with van der Waals surface area (Å²) in [5.41, 5.74) is -0.491. The van der Waals surface area contributed by atoms with Crippen LogP contribution in [0.4, 0.5) is 0 Å². The molecule has 1 saturated carbocycles. The molecule has 0 aromatic carbocycles. The number of rotatable bonds is 10. The van der Waals surface area contributed by atoms with E-state index in [1.54, 1.807) is 0 Å². The summed E-state index contributed by atoms with van der Waals surface area (Å²) in [6.07, 6.45) is 15.7. The van der Waals surface area contributed by atoms with Gasteiger partial charge in [-0.05, 0) is 44.4 Å². The van der Waals surface area contributed by atoms with Crippen LogP contribution in [0.15, 0.2) is 0 Å². The van der Waals surface area contributed by atoms with Crippen molar-refractivity contribution in [3.63, 3.8) is 0 Å². The topological polar surface area (TPSA) is 59.0 Å². The Hall–Kier alpha value is -0.650. The highest BCUT2D eigenvalue weighted by Gasteiger charge is 2.48. The Kier molecular flexibility index (Phi) is 7.80. The summed E-state index contributed by atoms with van der Waals surface area (Å²) < 4.78 is 12.6. The normalized spacial score (nSPS) is 30.7. The summed E-state index contributed by atoms with van der Waals surface area (Å²) in [5, 5.41) is 10.1. The van der Waals surface area contributed by atoms with Gasteiger partial charge in [0, 0.05) is 18.4 Å². The molecule has 3 rings (SSSR count). The summed E-state index contributed by atoms with van der Waals surface area (Å²) in [5.74, 6) is 1.04. The monoisotopic (exact) mass is 395 g/mol. The Labute approximate surface area is 171 Å². The van der Waals surface area contributed by atoms with Crippen molar-refractivity contribution in [2.45, 2.75) is 109 Å². The molecule has 0 radical (unpaired) electrons. The Morgan fingerprint density at radius 2 is 1.71 bits per heavy atom. The number of fused-ring (bicyclic) bond motifs is 2. The Bertz CT molecular complexity index is 501. The number of hydrogen-bond acceptors (Lipinski definition) is 4. The molecule has 5 nitrogen and oxygen atoms in total. The predicted octanol–water partition coefficient (Wildman–Crippen LogP) is 4.95. The van der Waals surface area contributed by atoms with Crippen LogP contribution in [0.2, 0.25) is 0 Å². The van der Waals surface area contributed by atoms with E-state index >= 15 is 0 Å². The Morgan fingerprint density at radius 1 is 1.04 bits per heavy atom. The van der Waals surface area contributed by atoms with Gasteiger partial charge in [0.05, 0.1) is 24.9 Å². The highest BCUT2D eigenvalue weighted by molar-refractivity contribution is 5.80. The lowest BCUT2D eigenvalue weighted by Gasteiger charge is -2.30. The molecule has 0 aromatic rings. The first-order valence-corrected chi connectivity index (χ1v) is 11.6. The molecule has 1 aliphatic carbocycles. The van der Waals surface area contributed by atoms with Crippen molar-refractivity contribution in [1.82, 2.24) is 5.06 Å². The summed E-state index contributed by atoms with van der Waals surface area (Å²) in [6.45, 7) is 4.73. The van der Waals surface area contributed by atoms with Crippen LogP contribution in [0.25, 0.3) is 0 Å². The molecule has 4 atom stereocenters. The zero-order valence-electron chi connectivity index (χ0n) is 18.2. The van der Waals surface area contributed by atoms with Crippen LogP contribution in [-0.2, 0) is 14.3 Å². The molecular formula is C23H41NO4. The second-order valence-corrected chi connectivity index (χ2v) is 10.0. The van der Waals surface area contributed by atoms with Crippen molar-refractivity contribution in [1.29, 1.82) is 0 Å². The number of hydroxylamine groups is 2. The van der Waals surface area contributed by atoms with E-state index < -0.39 is 5.41 Å². The Balaban J connectivity index is 1.38. The van der Waals surface area contributed by atoms with Crippen LogP contribution in [0.5, 0.6) is 0 Å². The van der Waals surface area contributed by atoms with E-state index in [1.807, 2.05) is 13.8 Å². The van der Waals surface area contributed by atoms with Crippen molar-refractivity contribution >= 4 is 5.91 Å². The van der Waals surface area contributed by atoms with Gasteiger partial charge in [-0.15, -0.1) is 0 Å². The average molecular weight is 396 g/mol. The van der Waals surface area contributed by atoms with Crippen molar-refractivity contribution in [2.75, 3.05) is 13.7 Å². The van der Waals surface area contributed by atoms with Crippen LogP contribution in [0.1, 0.15) is 90.9 Å². The first kappa shape index (κ1) is 22.0. The van der Waals surface area contributed by atoms with E-state index in [9.17, 15) is 10.0 Å². The van der Waals surface area contributed by atoms with Gasteiger partial charge in [-0.3, -0.25) is 10.0 Å². The van der Waals surface area contributed by atoms with E-state index in [4.69, 9.17) is 9.47 Å². The molecule has 5 heteroatoms. The van der Waals surface area contributed by atoms with Crippen molar-refractivity contribution < 1.29 is 19.5 Å². The molecule has 0 aromatic heterocycles. The second kappa shape index (κ2) is 9.90.